The van der Waals surface area contributed by atoms with Crippen molar-refractivity contribution in [2.45, 2.75) is 55.5 Å². The normalized spacial score (nSPS) is 31.9. The number of fused-ring (bicyclic) bond motifs is 6. The van der Waals surface area contributed by atoms with E-state index in [1.165, 1.54) is 22.3 Å². The molecule has 0 spiro atoms. The highest BCUT2D eigenvalue weighted by atomic mass is 16.2. The SMILES string of the molecule is N#CC1C[C@@H]2C[C@@H]2N1C(=O)C(N)CN1CC2C[C@H]1C(=O)N2C1c2ccccc2-c2ccccc21. The first-order valence-electron chi connectivity index (χ1n) is 12.3. The van der Waals surface area contributed by atoms with Gasteiger partial charge in [0.25, 0.3) is 0 Å². The topological polar surface area (TPSA) is 93.7 Å². The number of likely N-dealkylation sites (tertiary alicyclic amines) is 3. The number of rotatable bonds is 4. The zero-order chi connectivity index (χ0) is 23.1. The Labute approximate surface area is 198 Å². The molecule has 4 fully saturated rings. The van der Waals surface area contributed by atoms with Gasteiger partial charge in [-0.15, -0.1) is 0 Å². The maximum atomic E-state index is 13.7. The molecule has 7 nitrogen and oxygen atoms in total. The average Bonchev–Trinajstić information content (AvgIpc) is 3.15. The summed E-state index contributed by atoms with van der Waals surface area (Å²) in [7, 11) is 0. The fraction of sp³-hybridized carbons (Fsp3) is 0.444. The second-order valence-electron chi connectivity index (χ2n) is 10.5. The molecule has 2 aromatic carbocycles. The predicted octanol–water partition coefficient (Wildman–Crippen LogP) is 1.88. The summed E-state index contributed by atoms with van der Waals surface area (Å²) in [5.74, 6) is 0.462. The van der Waals surface area contributed by atoms with Crippen molar-refractivity contribution < 1.29 is 9.59 Å². The van der Waals surface area contributed by atoms with Crippen molar-refractivity contribution in [3.8, 4) is 17.2 Å². The van der Waals surface area contributed by atoms with Crippen LogP contribution >= 0.6 is 0 Å². The standard InChI is InChI=1S/C27H27N5O2/c28-12-16-9-15-10-23(15)31(16)26(33)22(29)14-30-13-17-11-24(30)27(34)32(17)25-20-7-3-1-5-18(20)19-6-2-4-8-21(19)25/h1-8,15-17,22-25H,9-11,13-14,29H2/t15-,16?,17?,22?,23+,24+/m1/s1. The van der Waals surface area contributed by atoms with E-state index < -0.39 is 6.04 Å². The third-order valence-corrected chi connectivity index (χ3v) is 8.65. The molecule has 7 heteroatoms. The molecule has 3 saturated heterocycles. The van der Waals surface area contributed by atoms with E-state index in [-0.39, 0.29) is 42.0 Å². The van der Waals surface area contributed by atoms with E-state index in [0.717, 1.165) is 25.8 Å². The molecular weight excluding hydrogens is 426 g/mol. The molecule has 34 heavy (non-hydrogen) atoms. The van der Waals surface area contributed by atoms with Crippen molar-refractivity contribution in [1.29, 1.82) is 5.26 Å². The lowest BCUT2D eigenvalue weighted by atomic mass is 10.0. The molecule has 172 valence electrons. The Morgan fingerprint density at radius 2 is 1.74 bits per heavy atom. The Bertz CT molecular complexity index is 1210. The van der Waals surface area contributed by atoms with E-state index in [1.54, 1.807) is 4.90 Å². The zero-order valence-electron chi connectivity index (χ0n) is 18.9. The molecule has 2 aromatic rings. The first kappa shape index (κ1) is 20.2. The van der Waals surface area contributed by atoms with Crippen molar-refractivity contribution >= 4 is 11.8 Å². The van der Waals surface area contributed by atoms with E-state index in [0.29, 0.717) is 12.5 Å². The summed E-state index contributed by atoms with van der Waals surface area (Å²) in [4.78, 5) is 32.7. The number of benzene rings is 2. The van der Waals surface area contributed by atoms with Gasteiger partial charge < -0.3 is 15.5 Å². The Balaban J connectivity index is 1.10. The Morgan fingerprint density at radius 3 is 2.38 bits per heavy atom. The fourth-order valence-electron chi connectivity index (χ4n) is 7.07. The molecule has 5 aliphatic rings. The number of amides is 2. The predicted molar refractivity (Wildman–Crippen MR) is 125 cm³/mol. The van der Waals surface area contributed by atoms with E-state index in [9.17, 15) is 14.9 Å². The van der Waals surface area contributed by atoms with Crippen LogP contribution < -0.4 is 5.73 Å². The molecule has 0 aromatic heterocycles. The van der Waals surface area contributed by atoms with Crippen LogP contribution in [0.1, 0.15) is 36.4 Å². The molecule has 3 heterocycles. The number of nitrogens with two attached hydrogens (primary N) is 1. The van der Waals surface area contributed by atoms with Crippen LogP contribution in [0, 0.1) is 17.2 Å². The summed E-state index contributed by atoms with van der Waals surface area (Å²) in [6.45, 7) is 1.09. The third-order valence-electron chi connectivity index (χ3n) is 8.65. The van der Waals surface area contributed by atoms with Crippen LogP contribution in [-0.2, 0) is 9.59 Å². The molecule has 2 aliphatic carbocycles. The number of piperazine rings is 1. The van der Waals surface area contributed by atoms with Crippen LogP contribution in [0.4, 0.5) is 0 Å². The zero-order valence-corrected chi connectivity index (χ0v) is 18.9. The summed E-state index contributed by atoms with van der Waals surface area (Å²) in [5.41, 5.74) is 11.2. The molecule has 2 N–H and O–H groups in total. The number of hydrogen-bond donors (Lipinski definition) is 1. The highest BCUT2D eigenvalue weighted by Gasteiger charge is 2.56. The van der Waals surface area contributed by atoms with Gasteiger partial charge in [0.2, 0.25) is 11.8 Å². The number of nitrogens with zero attached hydrogens (tertiary/aromatic N) is 4. The minimum absolute atomic E-state index is 0.0554. The maximum absolute atomic E-state index is 13.7. The number of carbonyl (C=O) groups excluding carboxylic acids is 2. The Kier molecular flexibility index (Phi) is 4.24. The van der Waals surface area contributed by atoms with Gasteiger partial charge in [0.05, 0.1) is 24.2 Å². The number of piperidine rings is 1. The molecule has 7 rings (SSSR count). The molecule has 2 bridgehead atoms. The minimum Gasteiger partial charge on any atom is -0.326 e. The van der Waals surface area contributed by atoms with Gasteiger partial charge in [-0.3, -0.25) is 14.5 Å². The van der Waals surface area contributed by atoms with Gasteiger partial charge in [-0.05, 0) is 47.4 Å². The summed E-state index contributed by atoms with van der Waals surface area (Å²) in [5, 5.41) is 9.44. The van der Waals surface area contributed by atoms with Crippen LogP contribution in [0.25, 0.3) is 11.1 Å². The van der Waals surface area contributed by atoms with Crippen molar-refractivity contribution in [2.75, 3.05) is 13.1 Å². The van der Waals surface area contributed by atoms with Crippen molar-refractivity contribution in [3.05, 3.63) is 59.7 Å². The first-order chi connectivity index (χ1) is 16.6. The van der Waals surface area contributed by atoms with Crippen molar-refractivity contribution in [1.82, 2.24) is 14.7 Å². The van der Waals surface area contributed by atoms with Gasteiger partial charge in [-0.25, -0.2) is 0 Å². The van der Waals surface area contributed by atoms with Crippen LogP contribution in [0.15, 0.2) is 48.5 Å². The second-order valence-corrected chi connectivity index (χ2v) is 10.5. The minimum atomic E-state index is -0.705. The van der Waals surface area contributed by atoms with Gasteiger partial charge in [0.15, 0.2) is 0 Å². The molecule has 0 radical (unpaired) electrons. The van der Waals surface area contributed by atoms with Crippen molar-refractivity contribution in [3.63, 3.8) is 0 Å². The Morgan fingerprint density at radius 1 is 1.06 bits per heavy atom. The lowest BCUT2D eigenvalue weighted by Gasteiger charge is -2.39. The van der Waals surface area contributed by atoms with Crippen LogP contribution in [0.3, 0.4) is 0 Å². The monoisotopic (exact) mass is 453 g/mol. The molecular formula is C27H27N5O2. The van der Waals surface area contributed by atoms with Gasteiger partial charge in [-0.2, -0.15) is 5.26 Å². The first-order valence-corrected chi connectivity index (χ1v) is 12.3. The summed E-state index contributed by atoms with van der Waals surface area (Å²) >= 11 is 0. The number of nitriles is 1. The largest absolute Gasteiger partial charge is 0.326 e. The quantitative estimate of drug-likeness (QED) is 0.763. The lowest BCUT2D eigenvalue weighted by molar-refractivity contribution is -0.140. The highest BCUT2D eigenvalue weighted by Crippen LogP contribution is 2.50. The van der Waals surface area contributed by atoms with Crippen LogP contribution in [-0.4, -0.2) is 69.8 Å². The average molecular weight is 454 g/mol. The van der Waals surface area contributed by atoms with E-state index in [1.807, 2.05) is 12.1 Å². The second kappa shape index (κ2) is 7.14. The van der Waals surface area contributed by atoms with Crippen LogP contribution in [0.2, 0.25) is 0 Å². The lowest BCUT2D eigenvalue weighted by Crippen LogP contribution is -2.57. The third kappa shape index (κ3) is 2.70. The van der Waals surface area contributed by atoms with Gasteiger partial charge >= 0.3 is 0 Å². The van der Waals surface area contributed by atoms with Gasteiger partial charge in [-0.1, -0.05) is 48.5 Å². The molecule has 3 unspecified atom stereocenters. The van der Waals surface area contributed by atoms with Gasteiger partial charge in [0.1, 0.15) is 6.04 Å². The molecule has 1 saturated carbocycles. The van der Waals surface area contributed by atoms with E-state index in [2.05, 4.69) is 52.3 Å². The summed E-state index contributed by atoms with van der Waals surface area (Å²) < 4.78 is 0. The summed E-state index contributed by atoms with van der Waals surface area (Å²) in [6, 6.07) is 18.0. The maximum Gasteiger partial charge on any atom is 0.242 e. The van der Waals surface area contributed by atoms with Gasteiger partial charge in [0, 0.05) is 25.2 Å². The van der Waals surface area contributed by atoms with E-state index >= 15 is 0 Å². The van der Waals surface area contributed by atoms with Crippen LogP contribution in [0.5, 0.6) is 0 Å². The summed E-state index contributed by atoms with van der Waals surface area (Å²) in [6.07, 6.45) is 2.53. The van der Waals surface area contributed by atoms with Crippen molar-refractivity contribution in [2.24, 2.45) is 11.7 Å². The number of hydrogen-bond acceptors (Lipinski definition) is 5. The fourth-order valence-corrected chi connectivity index (χ4v) is 7.07. The molecule has 3 aliphatic heterocycles. The molecule has 2 amide bonds. The van der Waals surface area contributed by atoms with E-state index in [4.69, 9.17) is 5.73 Å². The highest BCUT2D eigenvalue weighted by molar-refractivity contribution is 5.89. The smallest absolute Gasteiger partial charge is 0.242 e. The molecule has 6 atom stereocenters. The number of carbonyl (C=O) groups is 2. The Hall–Kier alpha value is -3.21.